The molecule has 1 saturated carbocycles. The number of aliphatic hydroxyl groups is 1. The maximum Gasteiger partial charge on any atom is 0.0443 e. The molecular formula is C9H19NO. The zero-order chi connectivity index (χ0) is 7.94. The Morgan fingerprint density at radius 3 is 2.55 bits per heavy atom. The molecule has 0 saturated heterocycles. The fourth-order valence-electron chi connectivity index (χ4n) is 1.25. The highest BCUT2D eigenvalue weighted by atomic mass is 16.3. The molecule has 0 aliphatic heterocycles. The second-order valence-electron chi connectivity index (χ2n) is 3.41. The lowest BCUT2D eigenvalue weighted by atomic mass is 10.2. The van der Waals surface area contributed by atoms with Crippen LogP contribution in [0.25, 0.3) is 0 Å². The van der Waals surface area contributed by atoms with Crippen molar-refractivity contribution in [3.63, 3.8) is 0 Å². The van der Waals surface area contributed by atoms with Crippen molar-refractivity contribution in [3.8, 4) is 0 Å². The second kappa shape index (κ2) is 5.56. The highest BCUT2D eigenvalue weighted by molar-refractivity contribution is 4.72. The number of rotatable bonds is 7. The highest BCUT2D eigenvalue weighted by Crippen LogP contribution is 2.33. The van der Waals surface area contributed by atoms with Crippen LogP contribution in [0.4, 0.5) is 0 Å². The smallest absolute Gasteiger partial charge is 0.0443 e. The molecule has 0 heterocycles. The van der Waals surface area contributed by atoms with Crippen molar-refractivity contribution in [3.05, 3.63) is 0 Å². The first-order chi connectivity index (χ1) is 5.43. The molecule has 0 aromatic rings. The predicted molar refractivity (Wildman–Crippen MR) is 46.5 cm³/mol. The fourth-order valence-corrected chi connectivity index (χ4v) is 1.25. The molecule has 11 heavy (non-hydrogen) atoms. The van der Waals surface area contributed by atoms with Gasteiger partial charge >= 0.3 is 0 Å². The van der Waals surface area contributed by atoms with Gasteiger partial charge < -0.3 is 10.4 Å². The molecular weight excluding hydrogens is 138 g/mol. The predicted octanol–water partition coefficient (Wildman–Crippen LogP) is 1.15. The summed E-state index contributed by atoms with van der Waals surface area (Å²) in [6.07, 6.45) is 6.55. The molecule has 0 bridgehead atoms. The Balaban J connectivity index is 1.66. The molecule has 0 atom stereocenters. The van der Waals surface area contributed by atoms with E-state index in [0.717, 1.165) is 25.4 Å². The van der Waals surface area contributed by atoms with Crippen LogP contribution >= 0.6 is 0 Å². The van der Waals surface area contributed by atoms with Gasteiger partial charge in [-0.2, -0.15) is 0 Å². The van der Waals surface area contributed by atoms with Gasteiger partial charge in [-0.25, -0.2) is 0 Å². The van der Waals surface area contributed by atoms with Crippen LogP contribution in [0.3, 0.4) is 0 Å². The molecule has 0 unspecified atom stereocenters. The van der Waals surface area contributed by atoms with Crippen molar-refractivity contribution in [1.82, 2.24) is 5.32 Å². The lowest BCUT2D eigenvalue weighted by Gasteiger charge is -2.01. The van der Waals surface area contributed by atoms with Gasteiger partial charge in [0.05, 0.1) is 0 Å². The molecule has 1 rings (SSSR count). The van der Waals surface area contributed by atoms with E-state index in [4.69, 9.17) is 5.11 Å². The molecule has 1 aliphatic carbocycles. The van der Waals surface area contributed by atoms with Crippen LogP contribution in [0, 0.1) is 5.92 Å². The summed E-state index contributed by atoms with van der Waals surface area (Å²) in [5, 5.41) is 11.8. The van der Waals surface area contributed by atoms with Crippen LogP contribution in [0.1, 0.15) is 32.1 Å². The molecule has 2 heteroatoms. The quantitative estimate of drug-likeness (QED) is 0.543. The molecule has 0 radical (unpaired) electrons. The van der Waals surface area contributed by atoms with Gasteiger partial charge in [0.2, 0.25) is 0 Å². The van der Waals surface area contributed by atoms with Crippen molar-refractivity contribution in [2.75, 3.05) is 19.7 Å². The molecule has 66 valence electrons. The van der Waals surface area contributed by atoms with Crippen LogP contribution in [0.15, 0.2) is 0 Å². The van der Waals surface area contributed by atoms with Crippen molar-refractivity contribution in [2.45, 2.75) is 32.1 Å². The van der Waals surface area contributed by atoms with Crippen molar-refractivity contribution in [2.24, 2.45) is 5.92 Å². The van der Waals surface area contributed by atoms with Crippen molar-refractivity contribution < 1.29 is 5.11 Å². The molecule has 1 aliphatic rings. The summed E-state index contributed by atoms with van der Waals surface area (Å²) in [4.78, 5) is 0. The minimum atomic E-state index is 0.315. The molecule has 0 aromatic heterocycles. The zero-order valence-corrected chi connectivity index (χ0v) is 7.18. The first kappa shape index (κ1) is 9.01. The monoisotopic (exact) mass is 157 g/mol. The second-order valence-corrected chi connectivity index (χ2v) is 3.41. The van der Waals surface area contributed by atoms with Gasteiger partial charge in [0, 0.05) is 6.61 Å². The van der Waals surface area contributed by atoms with Crippen LogP contribution in [0.5, 0.6) is 0 Å². The van der Waals surface area contributed by atoms with E-state index >= 15 is 0 Å². The number of aliphatic hydroxyl groups excluding tert-OH is 1. The van der Waals surface area contributed by atoms with E-state index in [-0.39, 0.29) is 0 Å². The lowest BCUT2D eigenvalue weighted by molar-refractivity contribution is 0.286. The molecule has 0 spiro atoms. The zero-order valence-electron chi connectivity index (χ0n) is 7.18. The first-order valence-corrected chi connectivity index (χ1v) is 4.75. The average Bonchev–Trinajstić information content (AvgIpc) is 2.80. The number of hydrogen-bond acceptors (Lipinski definition) is 2. The maximum absolute atomic E-state index is 8.48. The Morgan fingerprint density at radius 2 is 1.91 bits per heavy atom. The lowest BCUT2D eigenvalue weighted by Crippen LogP contribution is -2.17. The minimum absolute atomic E-state index is 0.315. The topological polar surface area (TPSA) is 32.3 Å². The normalized spacial score (nSPS) is 17.2. The van der Waals surface area contributed by atoms with E-state index in [1.807, 2.05) is 0 Å². The molecule has 0 amide bonds. The highest BCUT2D eigenvalue weighted by Gasteiger charge is 2.19. The summed E-state index contributed by atoms with van der Waals surface area (Å²) in [6, 6.07) is 0. The van der Waals surface area contributed by atoms with Crippen LogP contribution in [-0.2, 0) is 0 Å². The largest absolute Gasteiger partial charge is 0.396 e. The Hall–Kier alpha value is -0.0800. The summed E-state index contributed by atoms with van der Waals surface area (Å²) in [5.41, 5.74) is 0. The van der Waals surface area contributed by atoms with Gasteiger partial charge in [-0.15, -0.1) is 0 Å². The Bertz CT molecular complexity index is 91.6. The number of hydrogen-bond donors (Lipinski definition) is 2. The average molecular weight is 157 g/mol. The first-order valence-electron chi connectivity index (χ1n) is 4.75. The molecule has 2 nitrogen and oxygen atoms in total. The van der Waals surface area contributed by atoms with E-state index in [1.54, 1.807) is 0 Å². The van der Waals surface area contributed by atoms with Crippen LogP contribution in [-0.4, -0.2) is 24.8 Å². The third-order valence-corrected chi connectivity index (χ3v) is 2.17. The number of nitrogens with one attached hydrogen (secondary N) is 1. The van der Waals surface area contributed by atoms with E-state index in [1.165, 1.54) is 25.7 Å². The Morgan fingerprint density at radius 1 is 1.18 bits per heavy atom. The van der Waals surface area contributed by atoms with Gasteiger partial charge in [0.1, 0.15) is 0 Å². The standard InChI is InChI=1S/C9H19NO/c11-8-2-7-10-6-1-3-9-4-5-9/h9-11H,1-8H2. The van der Waals surface area contributed by atoms with Crippen molar-refractivity contribution in [1.29, 1.82) is 0 Å². The fraction of sp³-hybridized carbons (Fsp3) is 1.00. The van der Waals surface area contributed by atoms with Crippen LogP contribution in [0.2, 0.25) is 0 Å². The van der Waals surface area contributed by atoms with E-state index < -0.39 is 0 Å². The van der Waals surface area contributed by atoms with Gasteiger partial charge in [-0.05, 0) is 38.3 Å². The summed E-state index contributed by atoms with van der Waals surface area (Å²) < 4.78 is 0. The minimum Gasteiger partial charge on any atom is -0.396 e. The van der Waals surface area contributed by atoms with Gasteiger partial charge in [-0.1, -0.05) is 12.8 Å². The Labute approximate surface area is 69.0 Å². The third kappa shape index (κ3) is 5.22. The van der Waals surface area contributed by atoms with E-state index in [2.05, 4.69) is 5.32 Å². The van der Waals surface area contributed by atoms with Crippen LogP contribution < -0.4 is 5.32 Å². The summed E-state index contributed by atoms with van der Waals surface area (Å²) in [5.74, 6) is 1.06. The van der Waals surface area contributed by atoms with Gasteiger partial charge in [-0.3, -0.25) is 0 Å². The molecule has 2 N–H and O–H groups in total. The van der Waals surface area contributed by atoms with Gasteiger partial charge in [0.25, 0.3) is 0 Å². The van der Waals surface area contributed by atoms with E-state index in [0.29, 0.717) is 6.61 Å². The summed E-state index contributed by atoms with van der Waals surface area (Å²) in [6.45, 7) is 2.42. The molecule has 0 aromatic carbocycles. The summed E-state index contributed by atoms with van der Waals surface area (Å²) in [7, 11) is 0. The SMILES string of the molecule is OCCCNCCCC1CC1. The summed E-state index contributed by atoms with van der Waals surface area (Å²) >= 11 is 0. The third-order valence-electron chi connectivity index (χ3n) is 2.17. The van der Waals surface area contributed by atoms with Crippen molar-refractivity contribution >= 4 is 0 Å². The van der Waals surface area contributed by atoms with Gasteiger partial charge in [0.15, 0.2) is 0 Å². The van der Waals surface area contributed by atoms with E-state index in [9.17, 15) is 0 Å². The Kier molecular flexibility index (Phi) is 4.55. The maximum atomic E-state index is 8.48. The molecule has 1 fully saturated rings.